The van der Waals surface area contributed by atoms with Gasteiger partial charge in [-0.2, -0.15) is 5.26 Å². The molecule has 0 aromatic heterocycles. The molecule has 0 unspecified atom stereocenters. The summed E-state index contributed by atoms with van der Waals surface area (Å²) in [6.07, 6.45) is 3.71. The zero-order valence-corrected chi connectivity index (χ0v) is 20.4. The first-order valence-electron chi connectivity index (χ1n) is 13.0. The van der Waals surface area contributed by atoms with E-state index in [2.05, 4.69) is 16.3 Å². The van der Waals surface area contributed by atoms with Gasteiger partial charge < -0.3 is 15.1 Å². The van der Waals surface area contributed by atoms with Gasteiger partial charge in [-0.3, -0.25) is 4.79 Å². The van der Waals surface area contributed by atoms with Gasteiger partial charge in [-0.15, -0.1) is 0 Å². The number of piperidine rings is 1. The molecule has 1 aromatic carbocycles. The Morgan fingerprint density at radius 3 is 2.39 bits per heavy atom. The molecule has 9 heteroatoms. The number of carbonyl (C=O) groups excluding carboxylic acids is 2. The molecule has 0 radical (unpaired) electrons. The van der Waals surface area contributed by atoms with Gasteiger partial charge in [-0.1, -0.05) is 18.2 Å². The van der Waals surface area contributed by atoms with Crippen molar-refractivity contribution in [2.24, 2.45) is 10.8 Å². The fourth-order valence-corrected chi connectivity index (χ4v) is 5.74. The molecule has 2 aliphatic heterocycles. The van der Waals surface area contributed by atoms with E-state index < -0.39 is 47.9 Å². The second-order valence-corrected chi connectivity index (χ2v) is 11.5. The van der Waals surface area contributed by atoms with Gasteiger partial charge in [0.1, 0.15) is 5.82 Å². The monoisotopic (exact) mass is 502 g/mol. The summed E-state index contributed by atoms with van der Waals surface area (Å²) in [7, 11) is 0. The Bertz CT molecular complexity index is 1050. The van der Waals surface area contributed by atoms with E-state index in [9.17, 15) is 19.2 Å². The number of likely N-dealkylation sites (tertiary alicyclic amines) is 2. The van der Waals surface area contributed by atoms with E-state index in [1.54, 1.807) is 4.90 Å². The Morgan fingerprint density at radius 2 is 1.81 bits per heavy atom. The maximum absolute atomic E-state index is 15.0. The normalized spacial score (nSPS) is 23.4. The van der Waals surface area contributed by atoms with Crippen molar-refractivity contribution in [2.45, 2.75) is 75.8 Å². The summed E-state index contributed by atoms with van der Waals surface area (Å²) in [4.78, 5) is 30.1. The molecule has 1 N–H and O–H groups in total. The van der Waals surface area contributed by atoms with Crippen LogP contribution in [0.15, 0.2) is 24.3 Å². The molecule has 5 rings (SSSR count). The molecule has 1 aromatic rings. The summed E-state index contributed by atoms with van der Waals surface area (Å²) < 4.78 is 44.0. The topological polar surface area (TPSA) is 76.4 Å². The maximum Gasteiger partial charge on any atom is 0.318 e. The Kier molecular flexibility index (Phi) is 6.52. The molecule has 1 spiro atoms. The molecule has 2 heterocycles. The Balaban J connectivity index is 1.21. The van der Waals surface area contributed by atoms with Crippen LogP contribution in [0.3, 0.4) is 0 Å². The highest BCUT2D eigenvalue weighted by Gasteiger charge is 2.50. The van der Waals surface area contributed by atoms with Crippen LogP contribution in [0.25, 0.3) is 0 Å². The lowest BCUT2D eigenvalue weighted by molar-refractivity contribution is -0.124. The standard InChI is InChI=1S/C27H33F3N4O2/c28-21-4-2-1-3-19(21)13-27(29,30)14-22(23(35)15-25(16-31)7-8-25)32-24(36)34-17-26(18-34)9-11-33(12-10-26)20-5-6-20/h1-4,20,22H,5-15,17-18H2,(H,32,36)/t22-/m0/s1. The summed E-state index contributed by atoms with van der Waals surface area (Å²) in [6.45, 7) is 3.18. The second kappa shape index (κ2) is 9.37. The van der Waals surface area contributed by atoms with Crippen LogP contribution in [0.4, 0.5) is 18.0 Å². The number of hydrogen-bond donors (Lipinski definition) is 1. The molecular formula is C27H33F3N4O2. The number of rotatable bonds is 9. The maximum atomic E-state index is 15.0. The highest BCUT2D eigenvalue weighted by Crippen LogP contribution is 2.48. The van der Waals surface area contributed by atoms with Crippen molar-refractivity contribution in [1.82, 2.24) is 15.1 Å². The Labute approximate surface area is 209 Å². The summed E-state index contributed by atoms with van der Waals surface area (Å²) >= 11 is 0. The molecule has 6 nitrogen and oxygen atoms in total. The molecule has 4 fully saturated rings. The van der Waals surface area contributed by atoms with Crippen LogP contribution in [-0.2, 0) is 11.2 Å². The largest absolute Gasteiger partial charge is 0.328 e. The number of halogens is 3. The lowest BCUT2D eigenvalue weighted by Gasteiger charge is -2.54. The lowest BCUT2D eigenvalue weighted by Crippen LogP contribution is -2.65. The van der Waals surface area contributed by atoms with Crippen molar-refractivity contribution in [1.29, 1.82) is 5.26 Å². The summed E-state index contributed by atoms with van der Waals surface area (Å²) in [6, 6.07) is 6.21. The van der Waals surface area contributed by atoms with Crippen LogP contribution in [-0.4, -0.2) is 65.8 Å². The number of ketones is 1. The van der Waals surface area contributed by atoms with Crippen LogP contribution in [0, 0.1) is 28.0 Å². The third-order valence-corrected chi connectivity index (χ3v) is 8.46. The number of Topliss-reactive ketones (excluding diaryl/α,β-unsaturated/α-hetero) is 1. The summed E-state index contributed by atoms with van der Waals surface area (Å²) in [5.74, 6) is -4.71. The van der Waals surface area contributed by atoms with E-state index in [0.717, 1.165) is 38.0 Å². The van der Waals surface area contributed by atoms with Crippen LogP contribution in [0.2, 0.25) is 0 Å². The van der Waals surface area contributed by atoms with Gasteiger partial charge in [-0.25, -0.2) is 18.0 Å². The molecule has 2 aliphatic carbocycles. The van der Waals surface area contributed by atoms with E-state index in [1.807, 2.05) is 0 Å². The van der Waals surface area contributed by atoms with Crippen molar-refractivity contribution in [2.75, 3.05) is 26.2 Å². The Morgan fingerprint density at radius 1 is 1.14 bits per heavy atom. The molecule has 2 amide bonds. The number of alkyl halides is 2. The molecule has 2 saturated heterocycles. The van der Waals surface area contributed by atoms with E-state index in [1.165, 1.54) is 31.0 Å². The number of hydrogen-bond acceptors (Lipinski definition) is 4. The van der Waals surface area contributed by atoms with Crippen molar-refractivity contribution in [3.8, 4) is 6.07 Å². The number of carbonyl (C=O) groups is 2. The minimum absolute atomic E-state index is 0.0793. The van der Waals surface area contributed by atoms with Gasteiger partial charge >= 0.3 is 6.03 Å². The molecule has 1 atom stereocenters. The van der Waals surface area contributed by atoms with E-state index in [4.69, 9.17) is 0 Å². The molecule has 194 valence electrons. The van der Waals surface area contributed by atoms with Crippen LogP contribution < -0.4 is 5.32 Å². The average Bonchev–Trinajstić information content (AvgIpc) is 3.74. The number of nitriles is 1. The van der Waals surface area contributed by atoms with E-state index >= 15 is 8.78 Å². The number of amides is 2. The number of nitrogens with one attached hydrogen (secondary N) is 1. The first-order chi connectivity index (χ1) is 17.1. The quantitative estimate of drug-likeness (QED) is 0.547. The number of nitrogens with zero attached hydrogens (tertiary/aromatic N) is 3. The molecule has 2 saturated carbocycles. The second-order valence-electron chi connectivity index (χ2n) is 11.5. The first kappa shape index (κ1) is 25.1. The van der Waals surface area contributed by atoms with Crippen molar-refractivity contribution >= 4 is 11.8 Å². The number of urea groups is 1. The van der Waals surface area contributed by atoms with Gasteiger partial charge in [0.05, 0.1) is 17.5 Å². The average molecular weight is 503 g/mol. The fourth-order valence-electron chi connectivity index (χ4n) is 5.74. The minimum Gasteiger partial charge on any atom is -0.328 e. The van der Waals surface area contributed by atoms with E-state index in [0.29, 0.717) is 25.9 Å². The third-order valence-electron chi connectivity index (χ3n) is 8.46. The van der Waals surface area contributed by atoms with Crippen LogP contribution in [0.1, 0.15) is 56.9 Å². The number of benzene rings is 1. The predicted octanol–water partition coefficient (Wildman–Crippen LogP) is 4.29. The summed E-state index contributed by atoms with van der Waals surface area (Å²) in [5, 5.41) is 11.9. The van der Waals surface area contributed by atoms with Crippen LogP contribution >= 0.6 is 0 Å². The minimum atomic E-state index is -3.41. The third kappa shape index (κ3) is 5.54. The van der Waals surface area contributed by atoms with E-state index in [-0.39, 0.29) is 17.4 Å². The molecule has 0 bridgehead atoms. The van der Waals surface area contributed by atoms with Gasteiger partial charge in [0, 0.05) is 43.8 Å². The van der Waals surface area contributed by atoms with Gasteiger partial charge in [0.2, 0.25) is 0 Å². The van der Waals surface area contributed by atoms with Gasteiger partial charge in [0.25, 0.3) is 5.92 Å². The van der Waals surface area contributed by atoms with Crippen LogP contribution in [0.5, 0.6) is 0 Å². The molecule has 4 aliphatic rings. The smallest absolute Gasteiger partial charge is 0.318 e. The highest BCUT2D eigenvalue weighted by atomic mass is 19.3. The van der Waals surface area contributed by atoms with Crippen molar-refractivity contribution in [3.63, 3.8) is 0 Å². The van der Waals surface area contributed by atoms with Gasteiger partial charge in [0.15, 0.2) is 5.78 Å². The van der Waals surface area contributed by atoms with Gasteiger partial charge in [-0.05, 0) is 63.2 Å². The molecular weight excluding hydrogens is 469 g/mol. The first-order valence-corrected chi connectivity index (χ1v) is 13.0. The highest BCUT2D eigenvalue weighted by molar-refractivity contribution is 5.89. The zero-order valence-electron chi connectivity index (χ0n) is 20.4. The van der Waals surface area contributed by atoms with Crippen molar-refractivity contribution in [3.05, 3.63) is 35.6 Å². The molecule has 36 heavy (non-hydrogen) atoms. The summed E-state index contributed by atoms with van der Waals surface area (Å²) in [5.41, 5.74) is -0.870. The predicted molar refractivity (Wildman–Crippen MR) is 127 cm³/mol. The Hall–Kier alpha value is -2.60. The fraction of sp³-hybridized carbons (Fsp3) is 0.667. The lowest BCUT2D eigenvalue weighted by atomic mass is 9.72. The SMILES string of the molecule is N#CC1(CC(=O)[C@H](CC(F)(F)Cc2ccccc2F)NC(=O)N2CC3(CCN(C4CC4)CC3)C2)CC1. The van der Waals surface area contributed by atoms with Crippen molar-refractivity contribution < 1.29 is 22.8 Å². The zero-order chi connectivity index (χ0) is 25.6.